The monoisotopic (exact) mass is 316 g/mol. The van der Waals surface area contributed by atoms with Gasteiger partial charge < -0.3 is 15.2 Å². The number of carboxylic acid groups (broad SMARTS) is 1. The van der Waals surface area contributed by atoms with Crippen LogP contribution in [-0.4, -0.2) is 43.7 Å². The van der Waals surface area contributed by atoms with E-state index in [0.29, 0.717) is 24.2 Å². The number of hydrogen-bond acceptors (Lipinski definition) is 5. The second kappa shape index (κ2) is 5.49. The van der Waals surface area contributed by atoms with E-state index in [4.69, 9.17) is 9.84 Å². The molecule has 0 radical (unpaired) electrons. The molecule has 0 aromatic carbocycles. The van der Waals surface area contributed by atoms with E-state index < -0.39 is 5.97 Å². The smallest absolute Gasteiger partial charge is 0.354 e. The van der Waals surface area contributed by atoms with Crippen molar-refractivity contribution in [3.63, 3.8) is 0 Å². The molecule has 0 amide bonds. The maximum absolute atomic E-state index is 11.2. The second-order valence-electron chi connectivity index (χ2n) is 6.46. The number of imidazole rings is 1. The number of rotatable bonds is 5. The minimum absolute atomic E-state index is 0.00302. The molecule has 1 aliphatic heterocycles. The number of nitrogens with zero attached hydrogens (tertiary/aromatic N) is 3. The first-order valence-corrected chi connectivity index (χ1v) is 8.14. The molecule has 2 aliphatic rings. The molecule has 7 nitrogen and oxygen atoms in total. The first-order valence-electron chi connectivity index (χ1n) is 8.14. The Morgan fingerprint density at radius 1 is 1.48 bits per heavy atom. The summed E-state index contributed by atoms with van der Waals surface area (Å²) in [5.41, 5.74) is 0.756. The van der Waals surface area contributed by atoms with Crippen molar-refractivity contribution in [2.45, 2.75) is 50.2 Å². The zero-order valence-electron chi connectivity index (χ0n) is 12.9. The van der Waals surface area contributed by atoms with E-state index in [9.17, 15) is 4.79 Å². The number of nitrogens with one attached hydrogen (secondary N) is 1. The van der Waals surface area contributed by atoms with Crippen LogP contribution in [0.5, 0.6) is 0 Å². The Balaban J connectivity index is 1.41. The van der Waals surface area contributed by atoms with Crippen molar-refractivity contribution in [1.82, 2.24) is 14.4 Å². The summed E-state index contributed by atoms with van der Waals surface area (Å²) >= 11 is 0. The van der Waals surface area contributed by atoms with Gasteiger partial charge in [0.2, 0.25) is 5.95 Å². The fourth-order valence-corrected chi connectivity index (χ4v) is 3.54. The van der Waals surface area contributed by atoms with E-state index in [-0.39, 0.29) is 11.3 Å². The first-order chi connectivity index (χ1) is 11.2. The van der Waals surface area contributed by atoms with Crippen molar-refractivity contribution in [3.8, 4) is 0 Å². The highest BCUT2D eigenvalue weighted by atomic mass is 16.5. The summed E-state index contributed by atoms with van der Waals surface area (Å²) in [6, 6.07) is 1.47. The lowest BCUT2D eigenvalue weighted by Crippen LogP contribution is -2.37. The number of fused-ring (bicyclic) bond motifs is 1. The molecule has 0 bridgehead atoms. The average Bonchev–Trinajstić information content (AvgIpc) is 3.12. The Morgan fingerprint density at radius 3 is 3.04 bits per heavy atom. The summed E-state index contributed by atoms with van der Waals surface area (Å²) in [4.78, 5) is 19.5. The van der Waals surface area contributed by atoms with E-state index >= 15 is 0 Å². The fourth-order valence-electron chi connectivity index (χ4n) is 3.54. The van der Waals surface area contributed by atoms with Crippen molar-refractivity contribution < 1.29 is 14.6 Å². The number of carboxylic acids is 1. The summed E-state index contributed by atoms with van der Waals surface area (Å²) in [6.07, 6.45) is 10.6. The molecule has 3 heterocycles. The van der Waals surface area contributed by atoms with Gasteiger partial charge in [-0.15, -0.1) is 0 Å². The molecule has 1 spiro atoms. The number of carbonyl (C=O) groups is 1. The van der Waals surface area contributed by atoms with Crippen LogP contribution >= 0.6 is 0 Å². The van der Waals surface area contributed by atoms with Gasteiger partial charge in [0.1, 0.15) is 5.65 Å². The molecule has 7 heteroatoms. The van der Waals surface area contributed by atoms with Crippen LogP contribution < -0.4 is 5.32 Å². The maximum Gasteiger partial charge on any atom is 0.354 e. The van der Waals surface area contributed by atoms with Crippen molar-refractivity contribution >= 4 is 17.6 Å². The van der Waals surface area contributed by atoms with Gasteiger partial charge in [0.15, 0.2) is 5.69 Å². The molecular weight excluding hydrogens is 296 g/mol. The molecular formula is C16H20N4O3. The van der Waals surface area contributed by atoms with Crippen molar-refractivity contribution in [3.05, 3.63) is 24.2 Å². The van der Waals surface area contributed by atoms with Crippen LogP contribution in [0, 0.1) is 0 Å². The topological polar surface area (TPSA) is 88.8 Å². The van der Waals surface area contributed by atoms with Gasteiger partial charge >= 0.3 is 5.97 Å². The highest BCUT2D eigenvalue weighted by Gasteiger charge is 2.44. The van der Waals surface area contributed by atoms with Crippen molar-refractivity contribution in [2.24, 2.45) is 0 Å². The van der Waals surface area contributed by atoms with Gasteiger partial charge in [0, 0.05) is 25.0 Å². The molecule has 1 saturated carbocycles. The molecule has 2 fully saturated rings. The predicted molar refractivity (Wildman–Crippen MR) is 83.7 cm³/mol. The largest absolute Gasteiger partial charge is 0.477 e. The van der Waals surface area contributed by atoms with Crippen LogP contribution in [-0.2, 0) is 4.74 Å². The lowest BCUT2D eigenvalue weighted by atomic mass is 9.78. The number of aromatic nitrogens is 3. The predicted octanol–water partition coefficient (Wildman–Crippen LogP) is 2.33. The Morgan fingerprint density at radius 2 is 2.35 bits per heavy atom. The Kier molecular flexibility index (Phi) is 3.45. The zero-order valence-corrected chi connectivity index (χ0v) is 12.9. The number of aromatic carboxylic acids is 1. The maximum atomic E-state index is 11.2. The Labute approximate surface area is 133 Å². The molecule has 4 rings (SSSR count). The molecule has 2 N–H and O–H groups in total. The Hall–Kier alpha value is -2.15. The molecule has 1 aliphatic carbocycles. The van der Waals surface area contributed by atoms with Gasteiger partial charge in [0.25, 0.3) is 0 Å². The minimum atomic E-state index is -1.05. The van der Waals surface area contributed by atoms with Gasteiger partial charge in [-0.25, -0.2) is 14.8 Å². The third-order valence-electron chi connectivity index (χ3n) is 4.96. The van der Waals surface area contributed by atoms with Crippen LogP contribution in [0.4, 0.5) is 5.95 Å². The van der Waals surface area contributed by atoms with Gasteiger partial charge in [-0.2, -0.15) is 0 Å². The minimum Gasteiger partial charge on any atom is -0.477 e. The average molecular weight is 316 g/mol. The summed E-state index contributed by atoms with van der Waals surface area (Å²) in [5.74, 6) is -0.543. The number of anilines is 1. The van der Waals surface area contributed by atoms with E-state index in [1.165, 1.54) is 31.7 Å². The third kappa shape index (κ3) is 2.65. The zero-order chi connectivity index (χ0) is 15.9. The van der Waals surface area contributed by atoms with Gasteiger partial charge in [-0.3, -0.25) is 4.40 Å². The van der Waals surface area contributed by atoms with Crippen LogP contribution in [0.15, 0.2) is 18.5 Å². The normalized spacial score (nSPS) is 22.3. The first kappa shape index (κ1) is 14.4. The van der Waals surface area contributed by atoms with E-state index in [1.807, 2.05) is 0 Å². The molecule has 23 heavy (non-hydrogen) atoms. The highest BCUT2D eigenvalue weighted by Crippen LogP contribution is 2.46. The van der Waals surface area contributed by atoms with Crippen molar-refractivity contribution in [1.29, 1.82) is 0 Å². The van der Waals surface area contributed by atoms with Crippen molar-refractivity contribution in [2.75, 3.05) is 11.9 Å². The van der Waals surface area contributed by atoms with Gasteiger partial charge in [0.05, 0.1) is 11.7 Å². The second-order valence-corrected chi connectivity index (χ2v) is 6.46. The van der Waals surface area contributed by atoms with Crippen LogP contribution in [0.2, 0.25) is 0 Å². The van der Waals surface area contributed by atoms with Crippen LogP contribution in [0.25, 0.3) is 5.65 Å². The van der Waals surface area contributed by atoms with E-state index in [2.05, 4.69) is 15.3 Å². The summed E-state index contributed by atoms with van der Waals surface area (Å²) in [7, 11) is 0. The number of ether oxygens (including phenoxy) is 1. The molecule has 122 valence electrons. The quantitative estimate of drug-likeness (QED) is 0.880. The van der Waals surface area contributed by atoms with Crippen LogP contribution in [0.1, 0.15) is 49.0 Å². The molecule has 1 saturated heterocycles. The fraction of sp³-hybridized carbons (Fsp3) is 0.562. The molecule has 1 atom stereocenters. The highest BCUT2D eigenvalue weighted by molar-refractivity contribution is 5.87. The van der Waals surface area contributed by atoms with E-state index in [0.717, 1.165) is 12.8 Å². The summed E-state index contributed by atoms with van der Waals surface area (Å²) in [5, 5.41) is 12.4. The number of hydrogen-bond donors (Lipinski definition) is 2. The van der Waals surface area contributed by atoms with E-state index in [1.54, 1.807) is 16.8 Å². The molecule has 2 aromatic heterocycles. The van der Waals surface area contributed by atoms with Gasteiger partial charge in [-0.05, 0) is 38.5 Å². The SMILES string of the molecule is O=C(O)c1cc2nccn2c(NCCC2CCC3(CCC3)O2)n1. The van der Waals surface area contributed by atoms with Gasteiger partial charge in [-0.1, -0.05) is 0 Å². The summed E-state index contributed by atoms with van der Waals surface area (Å²) in [6.45, 7) is 0.699. The molecule has 1 unspecified atom stereocenters. The lowest BCUT2D eigenvalue weighted by Gasteiger charge is -2.38. The third-order valence-corrected chi connectivity index (χ3v) is 4.96. The Bertz CT molecular complexity index is 738. The standard InChI is InChI=1S/C16H20N4O3/c21-14(22)12-10-13-17-8-9-20(13)15(19-12)18-7-3-11-2-6-16(23-11)4-1-5-16/h8-11H,1-7H2,(H,18,19)(H,21,22). The summed E-state index contributed by atoms with van der Waals surface area (Å²) < 4.78 is 7.94. The lowest BCUT2D eigenvalue weighted by molar-refractivity contribution is -0.0915. The molecule has 2 aromatic rings. The van der Waals surface area contributed by atoms with Crippen LogP contribution in [0.3, 0.4) is 0 Å².